The number of carbonyl (C=O) groups is 1. The van der Waals surface area contributed by atoms with E-state index in [0.717, 1.165) is 46.7 Å². The van der Waals surface area contributed by atoms with Crippen molar-refractivity contribution in [3.8, 4) is 5.75 Å². The molecule has 2 N–H and O–H groups in total. The Morgan fingerprint density at radius 3 is 2.46 bits per heavy atom. The lowest BCUT2D eigenvalue weighted by Gasteiger charge is -2.39. The number of para-hydroxylation sites is 3. The van der Waals surface area contributed by atoms with Gasteiger partial charge in [0.2, 0.25) is 0 Å². The van der Waals surface area contributed by atoms with E-state index in [9.17, 15) is 9.90 Å². The van der Waals surface area contributed by atoms with Crippen LogP contribution in [0.3, 0.4) is 0 Å². The van der Waals surface area contributed by atoms with Crippen LogP contribution in [0.2, 0.25) is 0 Å². The summed E-state index contributed by atoms with van der Waals surface area (Å²) in [7, 11) is 1.68. The number of carboxylic acid groups (broad SMARTS) is 1. The molecule has 0 amide bonds. The fourth-order valence-electron chi connectivity index (χ4n) is 4.22. The van der Waals surface area contributed by atoms with Gasteiger partial charge in [0.15, 0.2) is 0 Å². The van der Waals surface area contributed by atoms with Gasteiger partial charge >= 0.3 is 5.97 Å². The van der Waals surface area contributed by atoms with Crippen LogP contribution in [0.1, 0.15) is 17.3 Å². The van der Waals surface area contributed by atoms with E-state index in [4.69, 9.17) is 4.74 Å². The smallest absolute Gasteiger partial charge is 0.325 e. The number of anilines is 1. The molecule has 146 valence electrons. The number of benzene rings is 2. The van der Waals surface area contributed by atoms with Gasteiger partial charge in [0.1, 0.15) is 11.8 Å². The minimum atomic E-state index is -0.807. The maximum atomic E-state index is 12.3. The number of nitrogens with zero attached hydrogens (tertiary/aromatic N) is 2. The van der Waals surface area contributed by atoms with E-state index in [1.54, 1.807) is 7.11 Å². The van der Waals surface area contributed by atoms with Gasteiger partial charge in [0, 0.05) is 48.3 Å². The molecule has 28 heavy (non-hydrogen) atoms. The Morgan fingerprint density at radius 1 is 1.07 bits per heavy atom. The summed E-state index contributed by atoms with van der Waals surface area (Å²) in [4.78, 5) is 19.9. The number of H-pyrrole nitrogens is 1. The zero-order valence-corrected chi connectivity index (χ0v) is 16.2. The molecule has 4 rings (SSSR count). The van der Waals surface area contributed by atoms with E-state index in [1.165, 1.54) is 0 Å². The van der Waals surface area contributed by atoms with E-state index >= 15 is 0 Å². The number of aryl methyl sites for hydroxylation is 1. The van der Waals surface area contributed by atoms with E-state index in [2.05, 4.69) is 14.8 Å². The van der Waals surface area contributed by atoms with Crippen molar-refractivity contribution in [2.24, 2.45) is 0 Å². The number of hydrogen-bond acceptors (Lipinski definition) is 4. The van der Waals surface area contributed by atoms with Crippen molar-refractivity contribution in [1.29, 1.82) is 0 Å². The van der Waals surface area contributed by atoms with Gasteiger partial charge in [0.25, 0.3) is 0 Å². The van der Waals surface area contributed by atoms with Crippen molar-refractivity contribution in [2.75, 3.05) is 38.2 Å². The zero-order valence-electron chi connectivity index (χ0n) is 16.2. The Hall–Kier alpha value is -2.99. The fourth-order valence-corrected chi connectivity index (χ4v) is 4.22. The van der Waals surface area contributed by atoms with E-state index < -0.39 is 12.0 Å². The van der Waals surface area contributed by atoms with Crippen LogP contribution in [-0.4, -0.2) is 54.2 Å². The Bertz CT molecular complexity index is 990. The van der Waals surface area contributed by atoms with Gasteiger partial charge in [-0.05, 0) is 25.1 Å². The molecule has 0 bridgehead atoms. The van der Waals surface area contributed by atoms with Gasteiger partial charge in [0.05, 0.1) is 12.8 Å². The molecular weight excluding hydrogens is 354 g/mol. The number of hydrogen-bond donors (Lipinski definition) is 2. The molecule has 1 aliphatic rings. The highest BCUT2D eigenvalue weighted by Gasteiger charge is 2.33. The minimum absolute atomic E-state index is 0.657. The van der Waals surface area contributed by atoms with Crippen LogP contribution in [0.5, 0.6) is 5.75 Å². The van der Waals surface area contributed by atoms with Crippen LogP contribution >= 0.6 is 0 Å². The third-order valence-electron chi connectivity index (χ3n) is 5.56. The summed E-state index contributed by atoms with van der Waals surface area (Å²) in [6, 6.07) is 15.2. The Labute approximate surface area is 164 Å². The number of nitrogens with one attached hydrogen (secondary N) is 1. The first-order valence-corrected chi connectivity index (χ1v) is 9.52. The molecule has 0 aliphatic carbocycles. The lowest BCUT2D eigenvalue weighted by molar-refractivity contribution is -0.143. The summed E-state index contributed by atoms with van der Waals surface area (Å²) in [6.45, 7) is 4.81. The highest BCUT2D eigenvalue weighted by molar-refractivity contribution is 5.90. The number of aliphatic carboxylic acids is 1. The molecule has 1 aliphatic heterocycles. The molecule has 6 heteroatoms. The topological polar surface area (TPSA) is 68.8 Å². The van der Waals surface area contributed by atoms with Crippen LogP contribution in [0.15, 0.2) is 48.5 Å². The van der Waals surface area contributed by atoms with Crippen molar-refractivity contribution >= 4 is 22.6 Å². The molecular formula is C22H25N3O3. The molecule has 2 aromatic carbocycles. The average Bonchev–Trinajstić information content (AvgIpc) is 3.04. The predicted molar refractivity (Wildman–Crippen MR) is 110 cm³/mol. The lowest BCUT2D eigenvalue weighted by Crippen LogP contribution is -2.49. The van der Waals surface area contributed by atoms with Gasteiger partial charge in [-0.1, -0.05) is 30.3 Å². The zero-order chi connectivity index (χ0) is 19.7. The lowest BCUT2D eigenvalue weighted by atomic mass is 10.0. The van der Waals surface area contributed by atoms with Crippen LogP contribution in [0.4, 0.5) is 5.69 Å². The molecule has 1 saturated heterocycles. The summed E-state index contributed by atoms with van der Waals surface area (Å²) in [5, 5.41) is 11.0. The number of fused-ring (bicyclic) bond motifs is 1. The number of rotatable bonds is 5. The van der Waals surface area contributed by atoms with Crippen molar-refractivity contribution < 1.29 is 14.6 Å². The minimum Gasteiger partial charge on any atom is -0.495 e. The maximum absolute atomic E-state index is 12.3. The molecule has 3 aromatic rings. The number of carboxylic acids is 1. The maximum Gasteiger partial charge on any atom is 0.325 e. The summed E-state index contributed by atoms with van der Waals surface area (Å²) in [6.07, 6.45) is 0. The third kappa shape index (κ3) is 3.20. The number of aromatic nitrogens is 1. The molecule has 0 radical (unpaired) electrons. The predicted octanol–water partition coefficient (Wildman–Crippen LogP) is 3.43. The molecule has 0 saturated carbocycles. The number of methoxy groups -OCH3 is 1. The number of ether oxygens (including phenoxy) is 1. The van der Waals surface area contributed by atoms with E-state index in [0.29, 0.717) is 13.1 Å². The van der Waals surface area contributed by atoms with Crippen molar-refractivity contribution in [1.82, 2.24) is 9.88 Å². The standard InChI is InChI=1S/C22H25N3O3/c1-15-20(16-7-3-4-8-17(16)23-15)21(22(26)27)25-13-11-24(12-14-25)18-9-5-6-10-19(18)28-2/h3-10,21,23H,11-14H2,1-2H3,(H,26,27). The molecule has 0 spiro atoms. The molecule has 2 heterocycles. The van der Waals surface area contributed by atoms with E-state index in [-0.39, 0.29) is 0 Å². The second-order valence-corrected chi connectivity index (χ2v) is 7.14. The van der Waals surface area contributed by atoms with Crippen molar-refractivity contribution in [2.45, 2.75) is 13.0 Å². The highest BCUT2D eigenvalue weighted by atomic mass is 16.5. The summed E-state index contributed by atoms with van der Waals surface area (Å²) < 4.78 is 5.48. The molecule has 6 nitrogen and oxygen atoms in total. The molecule has 1 unspecified atom stereocenters. The van der Waals surface area contributed by atoms with Gasteiger partial charge in [-0.15, -0.1) is 0 Å². The SMILES string of the molecule is COc1ccccc1N1CCN(C(C(=O)O)c2c(C)[nH]c3ccccc23)CC1. The van der Waals surface area contributed by atoms with Crippen LogP contribution in [0, 0.1) is 6.92 Å². The summed E-state index contributed by atoms with van der Waals surface area (Å²) in [5.41, 5.74) is 3.82. The highest BCUT2D eigenvalue weighted by Crippen LogP contribution is 2.34. The van der Waals surface area contributed by atoms with Gasteiger partial charge < -0.3 is 19.7 Å². The Balaban J connectivity index is 1.59. The first kappa shape index (κ1) is 18.4. The van der Waals surface area contributed by atoms with Crippen LogP contribution < -0.4 is 9.64 Å². The quantitative estimate of drug-likeness (QED) is 0.711. The summed E-state index contributed by atoms with van der Waals surface area (Å²) in [5.74, 6) is 0.0387. The average molecular weight is 379 g/mol. The van der Waals surface area contributed by atoms with Crippen LogP contribution in [0.25, 0.3) is 10.9 Å². The summed E-state index contributed by atoms with van der Waals surface area (Å²) >= 11 is 0. The second-order valence-electron chi connectivity index (χ2n) is 7.14. The largest absolute Gasteiger partial charge is 0.495 e. The molecule has 1 atom stereocenters. The molecule has 1 fully saturated rings. The normalized spacial score (nSPS) is 16.3. The second kappa shape index (κ2) is 7.56. The third-order valence-corrected chi connectivity index (χ3v) is 5.56. The monoisotopic (exact) mass is 379 g/mol. The van der Waals surface area contributed by atoms with Gasteiger partial charge in [-0.3, -0.25) is 9.69 Å². The first-order chi connectivity index (χ1) is 13.6. The van der Waals surface area contributed by atoms with Gasteiger partial charge in [-0.25, -0.2) is 0 Å². The number of aromatic amines is 1. The Kier molecular flexibility index (Phi) is 4.96. The van der Waals surface area contributed by atoms with Crippen LogP contribution in [-0.2, 0) is 4.79 Å². The fraction of sp³-hybridized carbons (Fsp3) is 0.318. The van der Waals surface area contributed by atoms with Crippen molar-refractivity contribution in [3.05, 3.63) is 59.8 Å². The number of piperazine rings is 1. The van der Waals surface area contributed by atoms with E-state index in [1.807, 2.05) is 55.5 Å². The first-order valence-electron chi connectivity index (χ1n) is 9.52. The van der Waals surface area contributed by atoms with Crippen molar-refractivity contribution in [3.63, 3.8) is 0 Å². The molecule has 1 aromatic heterocycles. The van der Waals surface area contributed by atoms with Gasteiger partial charge in [-0.2, -0.15) is 0 Å². The Morgan fingerprint density at radius 2 is 1.75 bits per heavy atom.